The highest BCUT2D eigenvalue weighted by molar-refractivity contribution is 5.75. The van der Waals surface area contributed by atoms with Crippen LogP contribution >= 0.6 is 0 Å². The standard InChI is InChI=1S/C35H50N2O2/c1-3-5-7-9-10-11-13-15-29-16-21-33(37-27-29)30-17-19-32(20-18-30)39-34(38)31-22-25-35(28-36,26-23-31)24-14-12-8-6-4-2/h16-21,27,31H,3-15,22-26H2,1-2H3. The van der Waals surface area contributed by atoms with Crippen LogP contribution in [0.2, 0.25) is 0 Å². The summed E-state index contributed by atoms with van der Waals surface area (Å²) in [6, 6.07) is 14.5. The first kappa shape index (κ1) is 30.9. The molecule has 212 valence electrons. The van der Waals surface area contributed by atoms with E-state index in [1.54, 1.807) is 0 Å². The topological polar surface area (TPSA) is 63.0 Å². The Kier molecular flexibility index (Phi) is 13.5. The molecule has 0 unspecified atom stereocenters. The van der Waals surface area contributed by atoms with Crippen molar-refractivity contribution in [3.05, 3.63) is 48.2 Å². The number of pyridine rings is 1. The predicted molar refractivity (Wildman–Crippen MR) is 160 cm³/mol. The van der Waals surface area contributed by atoms with Crippen LogP contribution in [0.1, 0.15) is 129 Å². The molecule has 0 spiro atoms. The zero-order valence-corrected chi connectivity index (χ0v) is 24.6. The lowest BCUT2D eigenvalue weighted by atomic mass is 9.69. The normalized spacial score (nSPS) is 18.9. The molecule has 0 amide bonds. The van der Waals surface area contributed by atoms with Gasteiger partial charge in [0.05, 0.1) is 23.1 Å². The first-order chi connectivity index (χ1) is 19.1. The molecule has 39 heavy (non-hydrogen) atoms. The van der Waals surface area contributed by atoms with E-state index in [-0.39, 0.29) is 17.3 Å². The van der Waals surface area contributed by atoms with Gasteiger partial charge in [-0.1, -0.05) is 90.5 Å². The van der Waals surface area contributed by atoms with Crippen molar-refractivity contribution in [1.82, 2.24) is 4.98 Å². The fourth-order valence-electron chi connectivity index (χ4n) is 5.81. The van der Waals surface area contributed by atoms with Gasteiger partial charge >= 0.3 is 5.97 Å². The lowest BCUT2D eigenvalue weighted by molar-refractivity contribution is -0.140. The summed E-state index contributed by atoms with van der Waals surface area (Å²) in [5, 5.41) is 9.85. The number of benzene rings is 1. The zero-order valence-electron chi connectivity index (χ0n) is 24.6. The van der Waals surface area contributed by atoms with E-state index in [2.05, 4.69) is 37.0 Å². The van der Waals surface area contributed by atoms with Crippen molar-refractivity contribution >= 4 is 5.97 Å². The summed E-state index contributed by atoms with van der Waals surface area (Å²) in [4.78, 5) is 17.5. The Morgan fingerprint density at radius 3 is 2.08 bits per heavy atom. The van der Waals surface area contributed by atoms with Gasteiger partial charge in [0.15, 0.2) is 0 Å². The monoisotopic (exact) mass is 530 g/mol. The number of hydrogen-bond acceptors (Lipinski definition) is 4. The summed E-state index contributed by atoms with van der Waals surface area (Å²) in [6.45, 7) is 4.48. The number of esters is 1. The Hall–Kier alpha value is -2.67. The quantitative estimate of drug-likeness (QED) is 0.116. The van der Waals surface area contributed by atoms with Crippen LogP contribution < -0.4 is 4.74 Å². The minimum absolute atomic E-state index is 0.114. The third-order valence-electron chi connectivity index (χ3n) is 8.53. The molecule has 3 rings (SSSR count). The van der Waals surface area contributed by atoms with Gasteiger partial charge in [0.25, 0.3) is 0 Å². The van der Waals surface area contributed by atoms with Crippen LogP contribution in [0.3, 0.4) is 0 Å². The van der Waals surface area contributed by atoms with Crippen LogP contribution in [0.15, 0.2) is 42.6 Å². The number of nitriles is 1. The smallest absolute Gasteiger partial charge is 0.314 e. The van der Waals surface area contributed by atoms with Gasteiger partial charge in [-0.3, -0.25) is 9.78 Å². The van der Waals surface area contributed by atoms with Crippen LogP contribution in [-0.2, 0) is 11.2 Å². The number of rotatable bonds is 17. The number of carbonyl (C=O) groups is 1. The average molecular weight is 531 g/mol. The van der Waals surface area contributed by atoms with Crippen LogP contribution in [0, 0.1) is 22.7 Å². The summed E-state index contributed by atoms with van der Waals surface area (Å²) >= 11 is 0. The number of hydrogen-bond donors (Lipinski definition) is 0. The van der Waals surface area contributed by atoms with Gasteiger partial charge in [-0.25, -0.2) is 0 Å². The molecule has 0 N–H and O–H groups in total. The Morgan fingerprint density at radius 1 is 0.872 bits per heavy atom. The molecule has 2 aromatic rings. The van der Waals surface area contributed by atoms with E-state index in [0.29, 0.717) is 5.75 Å². The van der Waals surface area contributed by atoms with Crippen molar-refractivity contribution in [2.75, 3.05) is 0 Å². The third-order valence-corrected chi connectivity index (χ3v) is 8.53. The van der Waals surface area contributed by atoms with E-state index in [1.807, 2.05) is 30.5 Å². The molecule has 0 saturated heterocycles. The van der Waals surface area contributed by atoms with E-state index < -0.39 is 0 Å². The molecule has 0 radical (unpaired) electrons. The first-order valence-corrected chi connectivity index (χ1v) is 15.8. The molecule has 1 heterocycles. The molecule has 0 bridgehead atoms. The molecule has 1 aliphatic rings. The SMILES string of the molecule is CCCCCCCCCc1ccc(-c2ccc(OC(=O)C3CCC(C#N)(CCCCCCC)CC3)cc2)nc1. The van der Waals surface area contributed by atoms with E-state index in [4.69, 9.17) is 4.74 Å². The maximum absolute atomic E-state index is 12.8. The van der Waals surface area contributed by atoms with Gasteiger partial charge in [-0.05, 0) is 80.8 Å². The van der Waals surface area contributed by atoms with Gasteiger partial charge in [0.1, 0.15) is 5.75 Å². The van der Waals surface area contributed by atoms with Gasteiger partial charge < -0.3 is 4.74 Å². The van der Waals surface area contributed by atoms with Crippen molar-refractivity contribution in [2.24, 2.45) is 11.3 Å². The number of ether oxygens (including phenoxy) is 1. The number of aryl methyl sites for hydroxylation is 1. The first-order valence-electron chi connectivity index (χ1n) is 15.8. The Labute approximate surface area is 237 Å². The lowest BCUT2D eigenvalue weighted by Gasteiger charge is -2.34. The van der Waals surface area contributed by atoms with E-state index in [1.165, 1.54) is 76.2 Å². The van der Waals surface area contributed by atoms with E-state index >= 15 is 0 Å². The fourth-order valence-corrected chi connectivity index (χ4v) is 5.81. The lowest BCUT2D eigenvalue weighted by Crippen LogP contribution is -2.31. The molecule has 0 aliphatic heterocycles. The molecule has 4 nitrogen and oxygen atoms in total. The maximum atomic E-state index is 12.8. The van der Waals surface area contributed by atoms with Crippen LogP contribution in [0.5, 0.6) is 5.75 Å². The third kappa shape index (κ3) is 10.4. The highest BCUT2D eigenvalue weighted by atomic mass is 16.5. The van der Waals surface area contributed by atoms with Crippen molar-refractivity contribution in [1.29, 1.82) is 5.26 Å². The highest BCUT2D eigenvalue weighted by Crippen LogP contribution is 2.43. The molecular weight excluding hydrogens is 480 g/mol. The molecule has 4 heteroatoms. The van der Waals surface area contributed by atoms with Gasteiger partial charge in [0, 0.05) is 11.8 Å². The zero-order chi connectivity index (χ0) is 27.8. The molecule has 1 aliphatic carbocycles. The Balaban J connectivity index is 1.41. The predicted octanol–water partition coefficient (Wildman–Crippen LogP) is 10.0. The van der Waals surface area contributed by atoms with Gasteiger partial charge in [0.2, 0.25) is 0 Å². The summed E-state index contributed by atoms with van der Waals surface area (Å²) in [6.07, 6.45) is 22.5. The van der Waals surface area contributed by atoms with E-state index in [9.17, 15) is 10.1 Å². The van der Waals surface area contributed by atoms with Crippen molar-refractivity contribution in [3.8, 4) is 23.1 Å². The average Bonchev–Trinajstić information content (AvgIpc) is 2.97. The van der Waals surface area contributed by atoms with Crippen LogP contribution in [-0.4, -0.2) is 11.0 Å². The summed E-state index contributed by atoms with van der Waals surface area (Å²) in [5.74, 6) is 0.300. The van der Waals surface area contributed by atoms with Gasteiger partial charge in [-0.15, -0.1) is 0 Å². The molecule has 0 atom stereocenters. The summed E-state index contributed by atoms with van der Waals surface area (Å²) in [5.41, 5.74) is 3.00. The van der Waals surface area contributed by atoms with E-state index in [0.717, 1.165) is 56.2 Å². The molecule has 1 aromatic carbocycles. The Bertz CT molecular complexity index is 998. The number of unbranched alkanes of at least 4 members (excludes halogenated alkanes) is 10. The molecule has 1 fully saturated rings. The second kappa shape index (κ2) is 17.1. The molecule has 1 saturated carbocycles. The van der Waals surface area contributed by atoms with Crippen molar-refractivity contribution in [3.63, 3.8) is 0 Å². The summed E-state index contributed by atoms with van der Waals surface area (Å²) in [7, 11) is 0. The van der Waals surface area contributed by atoms with Crippen molar-refractivity contribution < 1.29 is 9.53 Å². The maximum Gasteiger partial charge on any atom is 0.314 e. The second-order valence-corrected chi connectivity index (χ2v) is 11.7. The van der Waals surface area contributed by atoms with Crippen LogP contribution in [0.4, 0.5) is 0 Å². The minimum Gasteiger partial charge on any atom is -0.426 e. The largest absolute Gasteiger partial charge is 0.426 e. The fraction of sp³-hybridized carbons (Fsp3) is 0.629. The van der Waals surface area contributed by atoms with Gasteiger partial charge in [-0.2, -0.15) is 5.26 Å². The number of carbonyl (C=O) groups excluding carboxylic acids is 1. The Morgan fingerprint density at radius 2 is 1.49 bits per heavy atom. The van der Waals surface area contributed by atoms with Crippen molar-refractivity contribution in [2.45, 2.75) is 129 Å². The highest BCUT2D eigenvalue weighted by Gasteiger charge is 2.37. The molecule has 1 aromatic heterocycles. The summed E-state index contributed by atoms with van der Waals surface area (Å²) < 4.78 is 5.73. The van der Waals surface area contributed by atoms with Crippen LogP contribution in [0.25, 0.3) is 11.3 Å². The minimum atomic E-state index is -0.249. The number of nitrogens with zero attached hydrogens (tertiary/aromatic N) is 2. The number of aromatic nitrogens is 1. The molecular formula is C35H50N2O2. The second-order valence-electron chi connectivity index (χ2n) is 11.7.